The fourth-order valence-corrected chi connectivity index (χ4v) is 4.21. The summed E-state index contributed by atoms with van der Waals surface area (Å²) in [6, 6.07) is 0. The molecule has 1 amide bonds. The van der Waals surface area contributed by atoms with Crippen LogP contribution in [0.15, 0.2) is 0 Å². The minimum absolute atomic E-state index is 0.00366. The van der Waals surface area contributed by atoms with Gasteiger partial charge in [-0.05, 0) is 12.8 Å². The van der Waals surface area contributed by atoms with Gasteiger partial charge in [0.1, 0.15) is 0 Å². The summed E-state index contributed by atoms with van der Waals surface area (Å²) < 4.78 is 46.2. The Hall–Kier alpha value is -0.670. The van der Waals surface area contributed by atoms with Gasteiger partial charge >= 0.3 is 0 Å². The minimum atomic E-state index is -3.83. The highest BCUT2D eigenvalue weighted by atomic mass is 32.3. The number of nitrogens with one attached hydrogen (secondary N) is 2. The second kappa shape index (κ2) is 5.32. The number of sulfonamides is 1. The molecule has 0 heterocycles. The van der Waals surface area contributed by atoms with Crippen LogP contribution in [0.3, 0.4) is 0 Å². The Morgan fingerprint density at radius 1 is 1.18 bits per heavy atom. The maximum atomic E-state index is 11.2. The minimum Gasteiger partial charge on any atom is -0.355 e. The largest absolute Gasteiger partial charge is 0.355 e. The van der Waals surface area contributed by atoms with Crippen molar-refractivity contribution in [3.63, 3.8) is 0 Å². The predicted molar refractivity (Wildman–Crippen MR) is 62.4 cm³/mol. The molecule has 100 valence electrons. The SMILES string of the molecule is CS(=O)(=O)CS(=O)(=O)NCCNC(=O)C1CC1. The van der Waals surface area contributed by atoms with Gasteiger partial charge in [-0.15, -0.1) is 0 Å². The summed E-state index contributed by atoms with van der Waals surface area (Å²) in [4.78, 5) is 11.2. The van der Waals surface area contributed by atoms with Crippen molar-refractivity contribution in [3.8, 4) is 0 Å². The summed E-state index contributed by atoms with van der Waals surface area (Å²) in [5.41, 5.74) is 0. The van der Waals surface area contributed by atoms with Crippen molar-refractivity contribution < 1.29 is 21.6 Å². The molecular weight excluding hydrogens is 268 g/mol. The lowest BCUT2D eigenvalue weighted by Crippen LogP contribution is -2.37. The van der Waals surface area contributed by atoms with E-state index in [9.17, 15) is 21.6 Å². The summed E-state index contributed by atoms with van der Waals surface area (Å²) >= 11 is 0. The Morgan fingerprint density at radius 3 is 2.24 bits per heavy atom. The molecule has 1 aliphatic rings. The van der Waals surface area contributed by atoms with Gasteiger partial charge in [0.2, 0.25) is 15.9 Å². The van der Waals surface area contributed by atoms with Crippen LogP contribution in [0, 0.1) is 5.92 Å². The van der Waals surface area contributed by atoms with E-state index < -0.39 is 24.9 Å². The van der Waals surface area contributed by atoms with Crippen molar-refractivity contribution in [1.29, 1.82) is 0 Å². The molecule has 0 unspecified atom stereocenters. The average molecular weight is 284 g/mol. The van der Waals surface area contributed by atoms with E-state index in [1.165, 1.54) is 0 Å². The standard InChI is InChI=1S/C8H16N2O5S2/c1-16(12,13)6-17(14,15)10-5-4-9-8(11)7-2-3-7/h7,10H,2-6H2,1H3,(H,9,11). The van der Waals surface area contributed by atoms with E-state index in [1.807, 2.05) is 0 Å². The van der Waals surface area contributed by atoms with E-state index in [0.29, 0.717) is 0 Å². The lowest BCUT2D eigenvalue weighted by Gasteiger charge is -2.06. The predicted octanol–water partition coefficient (Wildman–Crippen LogP) is -1.57. The molecule has 0 aliphatic heterocycles. The van der Waals surface area contributed by atoms with Gasteiger partial charge in [-0.2, -0.15) is 0 Å². The third-order valence-electron chi connectivity index (χ3n) is 2.06. The van der Waals surface area contributed by atoms with Gasteiger partial charge in [0.05, 0.1) is 0 Å². The van der Waals surface area contributed by atoms with Gasteiger partial charge in [0, 0.05) is 25.3 Å². The van der Waals surface area contributed by atoms with Crippen LogP contribution in [0.4, 0.5) is 0 Å². The molecule has 0 saturated heterocycles. The second-order valence-corrected chi connectivity index (χ2v) is 8.43. The third kappa shape index (κ3) is 6.59. The summed E-state index contributed by atoms with van der Waals surface area (Å²) in [6.07, 6.45) is 2.61. The number of carbonyl (C=O) groups is 1. The van der Waals surface area contributed by atoms with Gasteiger partial charge < -0.3 is 5.32 Å². The lowest BCUT2D eigenvalue weighted by atomic mass is 10.4. The average Bonchev–Trinajstić information content (AvgIpc) is 2.90. The molecule has 1 rings (SSSR count). The van der Waals surface area contributed by atoms with E-state index in [0.717, 1.165) is 19.1 Å². The number of sulfone groups is 1. The summed E-state index contributed by atoms with van der Waals surface area (Å²) in [5.74, 6) is -0.00469. The first-order chi connectivity index (χ1) is 7.70. The molecule has 0 aromatic carbocycles. The molecule has 1 saturated carbocycles. The number of carbonyl (C=O) groups excluding carboxylic acids is 1. The van der Waals surface area contributed by atoms with Crippen molar-refractivity contribution in [1.82, 2.24) is 10.0 Å². The molecule has 0 bridgehead atoms. The maximum Gasteiger partial charge on any atom is 0.226 e. The molecule has 2 N–H and O–H groups in total. The van der Waals surface area contributed by atoms with Crippen LogP contribution in [0.1, 0.15) is 12.8 Å². The molecule has 0 spiro atoms. The van der Waals surface area contributed by atoms with Gasteiger partial charge in [-0.1, -0.05) is 0 Å². The van der Waals surface area contributed by atoms with Crippen molar-refractivity contribution in [2.24, 2.45) is 5.92 Å². The summed E-state index contributed by atoms with van der Waals surface area (Å²) in [6.45, 7) is 0.161. The van der Waals surface area contributed by atoms with Crippen molar-refractivity contribution >= 4 is 25.8 Å². The Labute approximate surface area is 101 Å². The Bertz CT molecular complexity index is 478. The molecule has 0 aromatic rings. The van der Waals surface area contributed by atoms with Crippen LogP contribution < -0.4 is 10.0 Å². The third-order valence-corrected chi connectivity index (χ3v) is 5.66. The lowest BCUT2D eigenvalue weighted by molar-refractivity contribution is -0.122. The zero-order valence-corrected chi connectivity index (χ0v) is 11.1. The zero-order valence-electron chi connectivity index (χ0n) is 9.47. The first kappa shape index (κ1) is 14.4. The van der Waals surface area contributed by atoms with E-state index >= 15 is 0 Å². The van der Waals surface area contributed by atoms with Gasteiger partial charge in [-0.25, -0.2) is 21.6 Å². The molecular formula is C8H16N2O5S2. The number of amides is 1. The second-order valence-electron chi connectivity index (χ2n) is 4.12. The van der Waals surface area contributed by atoms with E-state index in [2.05, 4.69) is 10.0 Å². The van der Waals surface area contributed by atoms with Crippen LogP contribution in [0.5, 0.6) is 0 Å². The number of hydrogen-bond acceptors (Lipinski definition) is 5. The van der Waals surface area contributed by atoms with Gasteiger partial charge in [0.25, 0.3) is 0 Å². The van der Waals surface area contributed by atoms with E-state index in [-0.39, 0.29) is 24.9 Å². The van der Waals surface area contributed by atoms with Crippen LogP contribution in [0.2, 0.25) is 0 Å². The first-order valence-electron chi connectivity index (χ1n) is 5.12. The monoisotopic (exact) mass is 284 g/mol. The number of hydrogen-bond donors (Lipinski definition) is 2. The van der Waals surface area contributed by atoms with Gasteiger partial charge in [0.15, 0.2) is 14.9 Å². The first-order valence-corrected chi connectivity index (χ1v) is 8.84. The molecule has 1 aliphatic carbocycles. The number of rotatable bonds is 7. The Balaban J connectivity index is 2.23. The fourth-order valence-electron chi connectivity index (χ4n) is 1.21. The highest BCUT2D eigenvalue weighted by Gasteiger charge is 2.29. The summed E-state index contributed by atoms with van der Waals surface area (Å²) in [5, 5.41) is 1.63. The van der Waals surface area contributed by atoms with Crippen LogP contribution in [0.25, 0.3) is 0 Å². The molecule has 0 atom stereocenters. The van der Waals surface area contributed by atoms with Gasteiger partial charge in [-0.3, -0.25) is 4.79 Å². The van der Waals surface area contributed by atoms with Crippen LogP contribution >= 0.6 is 0 Å². The Kier molecular flexibility index (Phi) is 4.50. The molecule has 7 nitrogen and oxygen atoms in total. The van der Waals surface area contributed by atoms with Crippen LogP contribution in [-0.4, -0.2) is 47.2 Å². The highest BCUT2D eigenvalue weighted by molar-refractivity contribution is 8.06. The molecule has 1 fully saturated rings. The van der Waals surface area contributed by atoms with Crippen molar-refractivity contribution in [3.05, 3.63) is 0 Å². The highest BCUT2D eigenvalue weighted by Crippen LogP contribution is 2.28. The van der Waals surface area contributed by atoms with Crippen molar-refractivity contribution in [2.75, 3.05) is 24.4 Å². The molecule has 9 heteroatoms. The maximum absolute atomic E-state index is 11.2. The normalized spacial score (nSPS) is 16.8. The summed E-state index contributed by atoms with van der Waals surface area (Å²) in [7, 11) is -7.41. The smallest absolute Gasteiger partial charge is 0.226 e. The van der Waals surface area contributed by atoms with E-state index in [1.54, 1.807) is 0 Å². The van der Waals surface area contributed by atoms with Crippen LogP contribution in [-0.2, 0) is 24.7 Å². The molecule has 0 radical (unpaired) electrons. The molecule has 0 aromatic heterocycles. The van der Waals surface area contributed by atoms with E-state index in [4.69, 9.17) is 0 Å². The zero-order chi connectivity index (χ0) is 13.1. The topological polar surface area (TPSA) is 109 Å². The molecule has 17 heavy (non-hydrogen) atoms. The quantitative estimate of drug-likeness (QED) is 0.549. The van der Waals surface area contributed by atoms with Crippen molar-refractivity contribution in [2.45, 2.75) is 12.8 Å². The fraction of sp³-hybridized carbons (Fsp3) is 0.875. The Morgan fingerprint density at radius 2 is 1.76 bits per heavy atom.